The number of rotatable bonds is 6. The lowest BCUT2D eigenvalue weighted by Crippen LogP contribution is -2.35. The third-order valence-electron chi connectivity index (χ3n) is 2.64. The van der Waals surface area contributed by atoms with Crippen molar-refractivity contribution in [3.63, 3.8) is 0 Å². The topological polar surface area (TPSA) is 29.5 Å². The largest absolute Gasteiger partial charge is 0.416 e. The summed E-state index contributed by atoms with van der Waals surface area (Å²) in [4.78, 5) is 13.7. The third kappa shape index (κ3) is 4.79. The van der Waals surface area contributed by atoms with Crippen molar-refractivity contribution >= 4 is 21.8 Å². The molecule has 1 aromatic rings. The predicted molar refractivity (Wildman–Crippen MR) is 73.0 cm³/mol. The number of alkyl halides is 4. The van der Waals surface area contributed by atoms with Crippen LogP contribution in [-0.2, 0) is 10.9 Å². The van der Waals surface area contributed by atoms with E-state index in [0.717, 1.165) is 12.1 Å². The molecule has 0 aliphatic carbocycles. The second kappa shape index (κ2) is 7.64. The summed E-state index contributed by atoms with van der Waals surface area (Å²) in [6.45, 7) is 1.06. The number of benzene rings is 1. The fourth-order valence-electron chi connectivity index (χ4n) is 1.63. The van der Waals surface area contributed by atoms with Gasteiger partial charge in [-0.2, -0.15) is 13.2 Å². The molecule has 0 saturated heterocycles. The molecular formula is C13H15BrF3NO2. The van der Waals surface area contributed by atoms with E-state index in [1.54, 1.807) is 0 Å². The molecular weight excluding hydrogens is 339 g/mol. The molecule has 0 fully saturated rings. The summed E-state index contributed by atoms with van der Waals surface area (Å²) in [5.74, 6) is -0.437. The number of hydrogen-bond acceptors (Lipinski definition) is 2. The zero-order valence-electron chi connectivity index (χ0n) is 10.9. The van der Waals surface area contributed by atoms with Gasteiger partial charge in [0.05, 0.1) is 12.2 Å². The Balaban J connectivity index is 2.93. The molecule has 112 valence electrons. The number of ether oxygens (including phenoxy) is 1. The van der Waals surface area contributed by atoms with E-state index in [0.29, 0.717) is 25.0 Å². The summed E-state index contributed by atoms with van der Waals surface area (Å²) in [5, 5.41) is 0.543. The van der Waals surface area contributed by atoms with Crippen LogP contribution >= 0.6 is 15.9 Å². The van der Waals surface area contributed by atoms with Crippen LogP contribution in [0.5, 0.6) is 0 Å². The van der Waals surface area contributed by atoms with E-state index in [1.807, 2.05) is 0 Å². The van der Waals surface area contributed by atoms with Crippen molar-refractivity contribution in [3.05, 3.63) is 35.4 Å². The predicted octanol–water partition coefficient (Wildman–Crippen LogP) is 3.19. The highest BCUT2D eigenvalue weighted by Crippen LogP contribution is 2.29. The second-order valence-corrected chi connectivity index (χ2v) is 4.85. The van der Waals surface area contributed by atoms with Crippen LogP contribution in [0.25, 0.3) is 0 Å². The molecule has 0 bridgehead atoms. The zero-order chi connectivity index (χ0) is 15.2. The number of amides is 1. The smallest absolute Gasteiger partial charge is 0.383 e. The van der Waals surface area contributed by atoms with E-state index in [-0.39, 0.29) is 5.56 Å². The molecule has 0 aromatic heterocycles. The molecule has 20 heavy (non-hydrogen) atoms. The first-order chi connectivity index (χ1) is 9.40. The lowest BCUT2D eigenvalue weighted by Gasteiger charge is -2.21. The number of methoxy groups -OCH3 is 1. The summed E-state index contributed by atoms with van der Waals surface area (Å²) in [6.07, 6.45) is -4.46. The number of carbonyl (C=O) groups excluding carboxylic acids is 1. The molecule has 0 atom stereocenters. The molecule has 0 N–H and O–H groups in total. The summed E-state index contributed by atoms with van der Waals surface area (Å²) < 4.78 is 42.8. The van der Waals surface area contributed by atoms with Gasteiger partial charge in [0.25, 0.3) is 5.91 Å². The van der Waals surface area contributed by atoms with Gasteiger partial charge in [-0.05, 0) is 18.2 Å². The van der Waals surface area contributed by atoms with Crippen LogP contribution in [0.15, 0.2) is 24.3 Å². The van der Waals surface area contributed by atoms with Crippen molar-refractivity contribution in [2.24, 2.45) is 0 Å². The highest BCUT2D eigenvalue weighted by atomic mass is 79.9. The van der Waals surface area contributed by atoms with E-state index in [1.165, 1.54) is 24.1 Å². The van der Waals surface area contributed by atoms with Gasteiger partial charge in [0, 0.05) is 31.1 Å². The summed E-state index contributed by atoms with van der Waals surface area (Å²) in [7, 11) is 1.50. The van der Waals surface area contributed by atoms with Gasteiger partial charge < -0.3 is 9.64 Å². The highest BCUT2D eigenvalue weighted by molar-refractivity contribution is 9.09. The monoisotopic (exact) mass is 353 g/mol. The van der Waals surface area contributed by atoms with Gasteiger partial charge in [0.15, 0.2) is 0 Å². The lowest BCUT2D eigenvalue weighted by atomic mass is 10.1. The Morgan fingerprint density at radius 1 is 1.35 bits per heavy atom. The molecule has 0 aliphatic heterocycles. The Kier molecular flexibility index (Phi) is 6.48. The van der Waals surface area contributed by atoms with E-state index in [2.05, 4.69) is 15.9 Å². The Morgan fingerprint density at radius 2 is 2.05 bits per heavy atom. The van der Waals surface area contributed by atoms with Crippen molar-refractivity contribution in [1.82, 2.24) is 4.90 Å². The van der Waals surface area contributed by atoms with E-state index in [4.69, 9.17) is 4.74 Å². The van der Waals surface area contributed by atoms with Crippen LogP contribution in [0.1, 0.15) is 15.9 Å². The van der Waals surface area contributed by atoms with Crippen molar-refractivity contribution in [2.45, 2.75) is 6.18 Å². The van der Waals surface area contributed by atoms with Crippen LogP contribution in [0.2, 0.25) is 0 Å². The van der Waals surface area contributed by atoms with E-state index >= 15 is 0 Å². The fourth-order valence-corrected chi connectivity index (χ4v) is 2.06. The average Bonchev–Trinajstić information content (AvgIpc) is 2.42. The first kappa shape index (κ1) is 17.0. The maximum atomic E-state index is 12.6. The van der Waals surface area contributed by atoms with Gasteiger partial charge in [0.2, 0.25) is 0 Å². The van der Waals surface area contributed by atoms with E-state index in [9.17, 15) is 18.0 Å². The van der Waals surface area contributed by atoms with Crippen molar-refractivity contribution in [3.8, 4) is 0 Å². The van der Waals surface area contributed by atoms with Crippen LogP contribution in [0.3, 0.4) is 0 Å². The SMILES string of the molecule is COCCN(CCBr)C(=O)c1cccc(C(F)(F)F)c1. The van der Waals surface area contributed by atoms with Crippen molar-refractivity contribution < 1.29 is 22.7 Å². The summed E-state index contributed by atoms with van der Waals surface area (Å²) in [5.41, 5.74) is -0.800. The van der Waals surface area contributed by atoms with Crippen LogP contribution < -0.4 is 0 Å². The standard InChI is InChI=1S/C13H15BrF3NO2/c1-20-8-7-18(6-5-14)12(19)10-3-2-4-11(9-10)13(15,16)17/h2-4,9H,5-8H2,1H3. The average molecular weight is 354 g/mol. The maximum Gasteiger partial charge on any atom is 0.416 e. The molecule has 0 heterocycles. The quantitative estimate of drug-likeness (QED) is 0.735. The van der Waals surface area contributed by atoms with Gasteiger partial charge in [-0.25, -0.2) is 0 Å². The normalized spacial score (nSPS) is 11.4. The first-order valence-electron chi connectivity index (χ1n) is 5.91. The van der Waals surface area contributed by atoms with Crippen LogP contribution in [0.4, 0.5) is 13.2 Å². The Morgan fingerprint density at radius 3 is 2.60 bits per heavy atom. The first-order valence-corrected chi connectivity index (χ1v) is 7.03. The van der Waals surface area contributed by atoms with Crippen molar-refractivity contribution in [1.29, 1.82) is 0 Å². The molecule has 7 heteroatoms. The zero-order valence-corrected chi connectivity index (χ0v) is 12.5. The molecule has 1 aromatic carbocycles. The minimum atomic E-state index is -4.46. The molecule has 0 aliphatic rings. The maximum absolute atomic E-state index is 12.6. The Labute approximate surface area is 123 Å². The number of carbonyl (C=O) groups is 1. The minimum absolute atomic E-state index is 0.0249. The summed E-state index contributed by atoms with van der Waals surface area (Å²) >= 11 is 3.21. The Hall–Kier alpha value is -1.08. The third-order valence-corrected chi connectivity index (χ3v) is 3.00. The van der Waals surface area contributed by atoms with Gasteiger partial charge in [-0.1, -0.05) is 22.0 Å². The highest BCUT2D eigenvalue weighted by Gasteiger charge is 2.31. The number of hydrogen-bond donors (Lipinski definition) is 0. The molecule has 0 unspecified atom stereocenters. The van der Waals surface area contributed by atoms with Crippen LogP contribution in [0, 0.1) is 0 Å². The minimum Gasteiger partial charge on any atom is -0.383 e. The van der Waals surface area contributed by atoms with Gasteiger partial charge in [-0.15, -0.1) is 0 Å². The molecule has 1 rings (SSSR count). The van der Waals surface area contributed by atoms with Gasteiger partial charge >= 0.3 is 6.18 Å². The molecule has 0 spiro atoms. The van der Waals surface area contributed by atoms with Crippen LogP contribution in [-0.4, -0.2) is 42.9 Å². The van der Waals surface area contributed by atoms with Crippen molar-refractivity contribution in [2.75, 3.05) is 32.1 Å². The van der Waals surface area contributed by atoms with Gasteiger partial charge in [0.1, 0.15) is 0 Å². The summed E-state index contributed by atoms with van der Waals surface area (Å²) in [6, 6.07) is 4.43. The van der Waals surface area contributed by atoms with E-state index < -0.39 is 17.6 Å². The lowest BCUT2D eigenvalue weighted by molar-refractivity contribution is -0.137. The Bertz CT molecular complexity index is 451. The molecule has 0 radical (unpaired) electrons. The fraction of sp³-hybridized carbons (Fsp3) is 0.462. The number of nitrogens with zero attached hydrogens (tertiary/aromatic N) is 1. The molecule has 1 amide bonds. The second-order valence-electron chi connectivity index (χ2n) is 4.05. The molecule has 3 nitrogen and oxygen atoms in total. The van der Waals surface area contributed by atoms with Gasteiger partial charge in [-0.3, -0.25) is 4.79 Å². The molecule has 0 saturated carbocycles. The number of halogens is 4.